The van der Waals surface area contributed by atoms with Crippen molar-refractivity contribution < 1.29 is 18.7 Å². The first kappa shape index (κ1) is 14.6. The molecule has 0 spiro atoms. The minimum atomic E-state index is -0.369. The van der Waals surface area contributed by atoms with Gasteiger partial charge in [0.1, 0.15) is 11.5 Å². The number of carbonyl (C=O) groups excluding carboxylic acids is 1. The lowest BCUT2D eigenvalue weighted by Crippen LogP contribution is -2.25. The highest BCUT2D eigenvalue weighted by Gasteiger charge is 2.07. The number of methoxy groups -OCH3 is 1. The van der Waals surface area contributed by atoms with Crippen LogP contribution in [-0.4, -0.2) is 25.3 Å². The molecule has 0 aliphatic rings. The smallest absolute Gasteiger partial charge is 0.277 e. The number of amides is 1. The van der Waals surface area contributed by atoms with Crippen molar-refractivity contribution in [2.45, 2.75) is 6.92 Å². The Morgan fingerprint density at radius 1 is 1.24 bits per heavy atom. The Kier molecular flexibility index (Phi) is 4.98. The highest BCUT2D eigenvalue weighted by molar-refractivity contribution is 5.96. The van der Waals surface area contributed by atoms with E-state index in [1.807, 2.05) is 6.07 Å². The average Bonchev–Trinajstić information content (AvgIpc) is 3.05. The summed E-state index contributed by atoms with van der Waals surface area (Å²) in [4.78, 5) is 11.7. The summed E-state index contributed by atoms with van der Waals surface area (Å²) in [5, 5.41) is 3.93. The number of nitrogens with one attached hydrogen (secondary N) is 1. The molecule has 1 heterocycles. The lowest BCUT2D eigenvalue weighted by atomic mass is 10.3. The number of hydrogen-bond donors (Lipinski definition) is 1. The van der Waals surface area contributed by atoms with Crippen molar-refractivity contribution in [3.05, 3.63) is 48.4 Å². The zero-order valence-electron chi connectivity index (χ0n) is 11.8. The third kappa shape index (κ3) is 4.10. The summed E-state index contributed by atoms with van der Waals surface area (Å²) in [6, 6.07) is 10.6. The zero-order valence-corrected chi connectivity index (χ0v) is 11.8. The molecule has 0 atom stereocenters. The van der Waals surface area contributed by atoms with Crippen molar-refractivity contribution >= 4 is 11.6 Å². The molecule has 21 heavy (non-hydrogen) atoms. The number of para-hydroxylation sites is 2. The Bertz CT molecular complexity index is 620. The molecule has 0 radical (unpaired) electrons. The fourth-order valence-corrected chi connectivity index (χ4v) is 1.60. The Morgan fingerprint density at radius 3 is 2.67 bits per heavy atom. The third-order valence-electron chi connectivity index (χ3n) is 2.65. The maximum Gasteiger partial charge on any atom is 0.277 e. The number of benzene rings is 1. The standard InChI is InChI=1S/C15H16N2O4/c1-11(12-8-5-9-20-12)16-17-15(18)10-21-14-7-4-3-6-13(14)19-2/h3-9H,10H2,1-2H3,(H,17,18)/b16-11+. The summed E-state index contributed by atoms with van der Waals surface area (Å²) in [7, 11) is 1.54. The van der Waals surface area contributed by atoms with Gasteiger partial charge in [0.25, 0.3) is 5.91 Å². The van der Waals surface area contributed by atoms with E-state index < -0.39 is 0 Å². The predicted molar refractivity (Wildman–Crippen MR) is 77.6 cm³/mol. The minimum Gasteiger partial charge on any atom is -0.493 e. The highest BCUT2D eigenvalue weighted by Crippen LogP contribution is 2.25. The van der Waals surface area contributed by atoms with Crippen molar-refractivity contribution in [1.29, 1.82) is 0 Å². The van der Waals surface area contributed by atoms with E-state index in [0.29, 0.717) is 23.0 Å². The first-order chi connectivity index (χ1) is 10.2. The van der Waals surface area contributed by atoms with E-state index in [-0.39, 0.29) is 12.5 Å². The van der Waals surface area contributed by atoms with Gasteiger partial charge in [0.05, 0.1) is 13.4 Å². The van der Waals surface area contributed by atoms with Crippen LogP contribution in [0.15, 0.2) is 52.2 Å². The van der Waals surface area contributed by atoms with Crippen LogP contribution in [0.5, 0.6) is 11.5 Å². The lowest BCUT2D eigenvalue weighted by molar-refractivity contribution is -0.123. The topological polar surface area (TPSA) is 73.1 Å². The van der Waals surface area contributed by atoms with Crippen LogP contribution in [0, 0.1) is 0 Å². The van der Waals surface area contributed by atoms with Gasteiger partial charge < -0.3 is 13.9 Å². The number of nitrogens with zero attached hydrogens (tertiary/aromatic N) is 1. The van der Waals surface area contributed by atoms with Crippen LogP contribution in [0.25, 0.3) is 0 Å². The molecule has 0 saturated heterocycles. The first-order valence-electron chi connectivity index (χ1n) is 6.33. The van der Waals surface area contributed by atoms with Gasteiger partial charge in [0.2, 0.25) is 0 Å². The molecule has 1 N–H and O–H groups in total. The minimum absolute atomic E-state index is 0.157. The molecule has 6 heteroatoms. The average molecular weight is 288 g/mol. The van der Waals surface area contributed by atoms with Crippen molar-refractivity contribution in [2.24, 2.45) is 5.10 Å². The van der Waals surface area contributed by atoms with Gasteiger partial charge in [0, 0.05) is 0 Å². The number of hydrazone groups is 1. The number of rotatable bonds is 6. The molecule has 2 rings (SSSR count). The molecule has 0 fully saturated rings. The van der Waals surface area contributed by atoms with E-state index in [1.54, 1.807) is 50.6 Å². The predicted octanol–water partition coefficient (Wildman–Crippen LogP) is 2.21. The van der Waals surface area contributed by atoms with Gasteiger partial charge in [-0.3, -0.25) is 4.79 Å². The van der Waals surface area contributed by atoms with Gasteiger partial charge in [-0.15, -0.1) is 0 Å². The summed E-state index contributed by atoms with van der Waals surface area (Å²) < 4.78 is 15.7. The Hall–Kier alpha value is -2.76. The van der Waals surface area contributed by atoms with Gasteiger partial charge >= 0.3 is 0 Å². The number of carbonyl (C=O) groups is 1. The second-order valence-electron chi connectivity index (χ2n) is 4.15. The van der Waals surface area contributed by atoms with Crippen molar-refractivity contribution in [3.8, 4) is 11.5 Å². The maximum absolute atomic E-state index is 11.7. The van der Waals surface area contributed by atoms with Gasteiger partial charge in [-0.1, -0.05) is 12.1 Å². The molecule has 1 aromatic carbocycles. The molecule has 6 nitrogen and oxygen atoms in total. The van der Waals surface area contributed by atoms with E-state index in [2.05, 4.69) is 10.5 Å². The van der Waals surface area contributed by atoms with Crippen molar-refractivity contribution in [3.63, 3.8) is 0 Å². The summed E-state index contributed by atoms with van der Waals surface area (Å²) >= 11 is 0. The molecule has 0 unspecified atom stereocenters. The molecular weight excluding hydrogens is 272 g/mol. The van der Waals surface area contributed by atoms with Crippen LogP contribution in [0.2, 0.25) is 0 Å². The monoisotopic (exact) mass is 288 g/mol. The molecule has 0 aliphatic carbocycles. The van der Waals surface area contributed by atoms with E-state index in [9.17, 15) is 4.79 Å². The van der Waals surface area contributed by atoms with Crippen LogP contribution in [-0.2, 0) is 4.79 Å². The third-order valence-corrected chi connectivity index (χ3v) is 2.65. The Balaban J connectivity index is 1.86. The molecular formula is C15H16N2O4. The number of ether oxygens (including phenoxy) is 2. The molecule has 2 aromatic rings. The molecule has 0 saturated carbocycles. The van der Waals surface area contributed by atoms with Gasteiger partial charge in [-0.05, 0) is 31.2 Å². The van der Waals surface area contributed by atoms with Crippen molar-refractivity contribution in [1.82, 2.24) is 5.43 Å². The number of furan rings is 1. The van der Waals surface area contributed by atoms with E-state index in [4.69, 9.17) is 13.9 Å². The fraction of sp³-hybridized carbons (Fsp3) is 0.200. The van der Waals surface area contributed by atoms with Crippen molar-refractivity contribution in [2.75, 3.05) is 13.7 Å². The summed E-state index contributed by atoms with van der Waals surface area (Å²) in [6.07, 6.45) is 1.54. The molecule has 110 valence electrons. The van der Waals surface area contributed by atoms with Crippen LogP contribution >= 0.6 is 0 Å². The highest BCUT2D eigenvalue weighted by atomic mass is 16.5. The molecule has 0 bridgehead atoms. The summed E-state index contributed by atoms with van der Waals surface area (Å²) in [5.74, 6) is 1.30. The van der Waals surface area contributed by atoms with E-state index >= 15 is 0 Å². The lowest BCUT2D eigenvalue weighted by Gasteiger charge is -2.09. The fourth-order valence-electron chi connectivity index (χ4n) is 1.60. The summed E-state index contributed by atoms with van der Waals surface area (Å²) in [6.45, 7) is 1.58. The first-order valence-corrected chi connectivity index (χ1v) is 6.33. The normalized spacial score (nSPS) is 11.0. The maximum atomic E-state index is 11.7. The number of hydrogen-bond acceptors (Lipinski definition) is 5. The van der Waals surface area contributed by atoms with Crippen LogP contribution in [0.1, 0.15) is 12.7 Å². The second-order valence-corrected chi connectivity index (χ2v) is 4.15. The van der Waals surface area contributed by atoms with Gasteiger partial charge in [-0.2, -0.15) is 5.10 Å². The second kappa shape index (κ2) is 7.14. The molecule has 1 amide bonds. The van der Waals surface area contributed by atoms with Crippen LogP contribution < -0.4 is 14.9 Å². The SMILES string of the molecule is COc1ccccc1OCC(=O)N/N=C(\C)c1ccco1. The Morgan fingerprint density at radius 2 is 2.00 bits per heavy atom. The van der Waals surface area contributed by atoms with Gasteiger partial charge in [0.15, 0.2) is 18.1 Å². The Labute approximate surface area is 122 Å². The zero-order chi connectivity index (χ0) is 15.1. The quantitative estimate of drug-likeness (QED) is 0.653. The van der Waals surface area contributed by atoms with Gasteiger partial charge in [-0.25, -0.2) is 5.43 Å². The molecule has 1 aromatic heterocycles. The van der Waals surface area contributed by atoms with E-state index in [1.165, 1.54) is 0 Å². The molecule has 0 aliphatic heterocycles. The summed E-state index contributed by atoms with van der Waals surface area (Å²) in [5.41, 5.74) is 2.98. The van der Waals surface area contributed by atoms with Crippen LogP contribution in [0.3, 0.4) is 0 Å². The van der Waals surface area contributed by atoms with Crippen LogP contribution in [0.4, 0.5) is 0 Å². The largest absolute Gasteiger partial charge is 0.493 e. The van der Waals surface area contributed by atoms with E-state index in [0.717, 1.165) is 0 Å².